The summed E-state index contributed by atoms with van der Waals surface area (Å²) < 4.78 is 32.8. The average molecular weight is 576 g/mol. The Bertz CT molecular complexity index is 1600. The van der Waals surface area contributed by atoms with Gasteiger partial charge in [0, 0.05) is 29.8 Å². The minimum atomic E-state index is -0.461. The van der Waals surface area contributed by atoms with E-state index in [1.807, 2.05) is 24.3 Å². The molecule has 0 radical (unpaired) electrons. The van der Waals surface area contributed by atoms with Crippen molar-refractivity contribution in [3.63, 3.8) is 0 Å². The number of fused-ring (bicyclic) bond motifs is 1. The smallest absolute Gasteiger partial charge is 0.348 e. The van der Waals surface area contributed by atoms with Gasteiger partial charge in [0.05, 0.1) is 37.9 Å². The number of aromatic nitrogens is 3. The van der Waals surface area contributed by atoms with Gasteiger partial charge in [-0.05, 0) is 56.6 Å². The van der Waals surface area contributed by atoms with Crippen molar-refractivity contribution in [1.29, 1.82) is 5.26 Å². The van der Waals surface area contributed by atoms with E-state index in [1.165, 1.54) is 24.5 Å². The number of ether oxygens (including phenoxy) is 3. The Hall–Kier alpha value is -3.85. The highest BCUT2D eigenvalue weighted by molar-refractivity contribution is 7.20. The maximum Gasteiger partial charge on any atom is 0.348 e. The molecule has 0 unspecified atom stereocenters. The molecule has 41 heavy (non-hydrogen) atoms. The van der Waals surface area contributed by atoms with Crippen molar-refractivity contribution < 1.29 is 23.4 Å². The molecule has 9 nitrogen and oxygen atoms in total. The number of pyridine rings is 1. The van der Waals surface area contributed by atoms with Crippen molar-refractivity contribution in [2.45, 2.75) is 51.0 Å². The molecule has 0 saturated carbocycles. The normalized spacial score (nSPS) is 17.7. The minimum absolute atomic E-state index is 0.0452. The van der Waals surface area contributed by atoms with Gasteiger partial charge in [-0.25, -0.2) is 19.2 Å². The summed E-state index contributed by atoms with van der Waals surface area (Å²) in [7, 11) is 1.39. The number of likely N-dealkylation sites (tertiary alicyclic amines) is 1. The molecule has 1 atom stereocenters. The predicted molar refractivity (Wildman–Crippen MR) is 150 cm³/mol. The standard InChI is InChI=1S/C30H30FN5O4S/c1-38-30(37)26-14-25-29(41-26)36(16-22-9-12-39-22)27(33-25)17-35-10-7-20(8-11-35)24-3-2-4-28(34-24)40-18-21-6-5-19(15-32)13-23(21)31/h2-6,13-14,20,22H,7-12,16-18H2,1H3/t22-/m0/s1. The van der Waals surface area contributed by atoms with Crippen LogP contribution in [-0.4, -0.2) is 58.3 Å². The molecule has 212 valence electrons. The molecule has 3 aromatic heterocycles. The number of hydrogen-bond donors (Lipinski definition) is 0. The number of thiophene rings is 1. The zero-order valence-corrected chi connectivity index (χ0v) is 23.5. The zero-order valence-electron chi connectivity index (χ0n) is 22.7. The molecule has 4 aromatic rings. The summed E-state index contributed by atoms with van der Waals surface area (Å²) in [6.07, 6.45) is 3.11. The van der Waals surface area contributed by atoms with Gasteiger partial charge in [0.1, 0.15) is 33.5 Å². The van der Waals surface area contributed by atoms with Crippen molar-refractivity contribution >= 4 is 27.7 Å². The van der Waals surface area contributed by atoms with Crippen LogP contribution >= 0.6 is 11.3 Å². The van der Waals surface area contributed by atoms with Gasteiger partial charge < -0.3 is 18.8 Å². The lowest BCUT2D eigenvalue weighted by molar-refractivity contribution is -0.0591. The molecule has 11 heteroatoms. The van der Waals surface area contributed by atoms with Crippen LogP contribution in [0, 0.1) is 17.1 Å². The third-order valence-electron chi connectivity index (χ3n) is 7.74. The predicted octanol–water partition coefficient (Wildman–Crippen LogP) is 5.04. The second-order valence-corrected chi connectivity index (χ2v) is 11.4. The molecule has 0 bridgehead atoms. The number of hydrogen-bond acceptors (Lipinski definition) is 9. The van der Waals surface area contributed by atoms with Crippen LogP contribution in [0.3, 0.4) is 0 Å². The van der Waals surface area contributed by atoms with Gasteiger partial charge in [-0.2, -0.15) is 5.26 Å². The van der Waals surface area contributed by atoms with E-state index in [0.717, 1.165) is 73.9 Å². The van der Waals surface area contributed by atoms with Crippen molar-refractivity contribution in [2.24, 2.45) is 0 Å². The van der Waals surface area contributed by atoms with Crippen LogP contribution in [-0.2, 0) is 29.2 Å². The molecular weight excluding hydrogens is 545 g/mol. The highest BCUT2D eigenvalue weighted by Crippen LogP contribution is 2.32. The van der Waals surface area contributed by atoms with Gasteiger partial charge in [-0.1, -0.05) is 12.1 Å². The SMILES string of the molecule is COC(=O)c1cc2nc(CN3CCC(c4cccc(OCc5ccc(C#N)cc5F)n4)CC3)n(C[C@@H]3CCO3)c2s1. The number of methoxy groups -OCH3 is 1. The number of benzene rings is 1. The zero-order chi connectivity index (χ0) is 28.3. The van der Waals surface area contributed by atoms with Gasteiger partial charge in [-0.3, -0.25) is 4.90 Å². The number of nitriles is 1. The summed E-state index contributed by atoms with van der Waals surface area (Å²) in [6.45, 7) is 4.09. The maximum atomic E-state index is 14.2. The summed E-state index contributed by atoms with van der Waals surface area (Å²) in [6, 6.07) is 13.8. The maximum absolute atomic E-state index is 14.2. The molecule has 1 aromatic carbocycles. The van der Waals surface area contributed by atoms with Gasteiger partial charge in [0.2, 0.25) is 5.88 Å². The average Bonchev–Trinajstić information content (AvgIpc) is 3.52. The molecule has 2 fully saturated rings. The fourth-order valence-electron chi connectivity index (χ4n) is 5.32. The molecule has 2 aliphatic rings. The fourth-order valence-corrected chi connectivity index (χ4v) is 6.36. The molecular formula is C30H30FN5O4S. The van der Waals surface area contributed by atoms with E-state index < -0.39 is 5.82 Å². The number of piperidine rings is 1. The van der Waals surface area contributed by atoms with Gasteiger partial charge in [-0.15, -0.1) is 11.3 Å². The largest absolute Gasteiger partial charge is 0.473 e. The van der Waals surface area contributed by atoms with Crippen molar-refractivity contribution in [3.05, 3.63) is 75.8 Å². The van der Waals surface area contributed by atoms with E-state index in [2.05, 4.69) is 9.47 Å². The Morgan fingerprint density at radius 2 is 2.02 bits per heavy atom. The number of rotatable bonds is 9. The van der Waals surface area contributed by atoms with E-state index in [-0.39, 0.29) is 24.2 Å². The Kier molecular flexibility index (Phi) is 7.96. The topological polar surface area (TPSA) is 102 Å². The van der Waals surface area contributed by atoms with Crippen LogP contribution < -0.4 is 4.74 Å². The third kappa shape index (κ3) is 5.95. The number of halogens is 1. The molecule has 0 spiro atoms. The van der Waals surface area contributed by atoms with Gasteiger partial charge in [0.25, 0.3) is 0 Å². The first-order valence-electron chi connectivity index (χ1n) is 13.7. The van der Waals surface area contributed by atoms with Crippen LogP contribution in [0.1, 0.15) is 57.5 Å². The van der Waals surface area contributed by atoms with Crippen molar-refractivity contribution in [1.82, 2.24) is 19.4 Å². The first-order valence-corrected chi connectivity index (χ1v) is 14.5. The second kappa shape index (κ2) is 11.9. The summed E-state index contributed by atoms with van der Waals surface area (Å²) in [4.78, 5) is 25.6. The summed E-state index contributed by atoms with van der Waals surface area (Å²) >= 11 is 1.42. The fraction of sp³-hybridized carbons (Fsp3) is 0.400. The molecule has 5 heterocycles. The van der Waals surface area contributed by atoms with E-state index in [9.17, 15) is 9.18 Å². The van der Waals surface area contributed by atoms with E-state index in [4.69, 9.17) is 29.4 Å². The number of carbonyl (C=O) groups excluding carboxylic acids is 1. The lowest BCUT2D eigenvalue weighted by Gasteiger charge is -2.32. The Labute approximate surface area is 241 Å². The quantitative estimate of drug-likeness (QED) is 0.256. The molecule has 0 aliphatic carbocycles. The molecule has 6 rings (SSSR count). The number of carbonyl (C=O) groups is 1. The number of esters is 1. The van der Waals surface area contributed by atoms with Crippen LogP contribution in [0.5, 0.6) is 5.88 Å². The third-order valence-corrected chi connectivity index (χ3v) is 8.87. The van der Waals surface area contributed by atoms with Gasteiger partial charge in [0.15, 0.2) is 0 Å². The first kappa shape index (κ1) is 27.3. The van der Waals surface area contributed by atoms with E-state index >= 15 is 0 Å². The Balaban J connectivity index is 1.09. The first-order chi connectivity index (χ1) is 20.0. The minimum Gasteiger partial charge on any atom is -0.473 e. The summed E-state index contributed by atoms with van der Waals surface area (Å²) in [5, 5.41) is 8.93. The molecule has 0 amide bonds. The monoisotopic (exact) mass is 575 g/mol. The lowest BCUT2D eigenvalue weighted by Crippen LogP contribution is -2.35. The number of imidazole rings is 1. The molecule has 2 aliphatic heterocycles. The van der Waals surface area contributed by atoms with Gasteiger partial charge >= 0.3 is 5.97 Å². The number of nitrogens with zero attached hydrogens (tertiary/aromatic N) is 5. The van der Waals surface area contributed by atoms with Crippen molar-refractivity contribution in [3.8, 4) is 11.9 Å². The second-order valence-electron chi connectivity index (χ2n) is 10.4. The summed E-state index contributed by atoms with van der Waals surface area (Å²) in [5.74, 6) is 0.945. The lowest BCUT2D eigenvalue weighted by atomic mass is 9.93. The van der Waals surface area contributed by atoms with Crippen LogP contribution in [0.15, 0.2) is 42.5 Å². The van der Waals surface area contributed by atoms with Crippen LogP contribution in [0.25, 0.3) is 10.3 Å². The van der Waals surface area contributed by atoms with E-state index in [0.29, 0.717) is 22.2 Å². The van der Waals surface area contributed by atoms with Crippen LogP contribution in [0.2, 0.25) is 0 Å². The molecule has 2 saturated heterocycles. The Morgan fingerprint density at radius 1 is 1.20 bits per heavy atom. The highest BCUT2D eigenvalue weighted by Gasteiger charge is 2.27. The highest BCUT2D eigenvalue weighted by atomic mass is 32.1. The summed E-state index contributed by atoms with van der Waals surface area (Å²) in [5.41, 5.74) is 2.46. The van der Waals surface area contributed by atoms with Crippen LogP contribution in [0.4, 0.5) is 4.39 Å². The van der Waals surface area contributed by atoms with E-state index in [1.54, 1.807) is 18.2 Å². The molecule has 0 N–H and O–H groups in total. The van der Waals surface area contributed by atoms with Crippen molar-refractivity contribution in [2.75, 3.05) is 26.8 Å². The Morgan fingerprint density at radius 3 is 2.73 bits per heavy atom.